The van der Waals surface area contributed by atoms with E-state index in [9.17, 15) is 4.79 Å². The Balaban J connectivity index is 1.24. The third-order valence-corrected chi connectivity index (χ3v) is 7.69. The van der Waals surface area contributed by atoms with Crippen LogP contribution in [0.5, 0.6) is 17.2 Å². The smallest absolute Gasteiger partial charge is 0.306 e. The number of halogens is 1. The molecule has 0 amide bonds. The van der Waals surface area contributed by atoms with Crippen molar-refractivity contribution >= 4 is 5.97 Å². The van der Waals surface area contributed by atoms with Crippen LogP contribution in [0.25, 0.3) is 11.1 Å². The van der Waals surface area contributed by atoms with Crippen molar-refractivity contribution in [1.29, 1.82) is 0 Å². The molecule has 0 saturated heterocycles. The molecule has 0 bridgehead atoms. The first-order chi connectivity index (χ1) is 19.4. The van der Waals surface area contributed by atoms with E-state index in [1.165, 1.54) is 19.4 Å². The molecule has 1 aliphatic heterocycles. The SMILES string of the molecule is COC(=O)CC1COc2cc(OC3CCc4c(-c5c(C)cc(OCc6ncco6)cc5C)ccc(F)c43)ccc21. The molecule has 0 fully saturated rings. The van der Waals surface area contributed by atoms with E-state index in [1.807, 2.05) is 50.2 Å². The van der Waals surface area contributed by atoms with Crippen LogP contribution in [0.4, 0.5) is 4.39 Å². The number of rotatable bonds is 8. The predicted molar refractivity (Wildman–Crippen MR) is 145 cm³/mol. The van der Waals surface area contributed by atoms with Crippen LogP contribution < -0.4 is 14.2 Å². The normalized spacial score (nSPS) is 17.2. The van der Waals surface area contributed by atoms with Crippen LogP contribution in [0.15, 0.2) is 59.3 Å². The van der Waals surface area contributed by atoms with E-state index >= 15 is 4.39 Å². The number of nitrogens with zero attached hydrogens (tertiary/aromatic N) is 1. The molecular formula is C32H30FNO6. The minimum Gasteiger partial charge on any atom is -0.492 e. The van der Waals surface area contributed by atoms with Gasteiger partial charge in [-0.05, 0) is 78.8 Å². The summed E-state index contributed by atoms with van der Waals surface area (Å²) >= 11 is 0. The molecule has 206 valence electrons. The number of aryl methyl sites for hydroxylation is 2. The fourth-order valence-electron chi connectivity index (χ4n) is 5.87. The van der Waals surface area contributed by atoms with E-state index < -0.39 is 6.10 Å². The van der Waals surface area contributed by atoms with E-state index in [2.05, 4.69) is 4.98 Å². The molecule has 8 heteroatoms. The lowest BCUT2D eigenvalue weighted by atomic mass is 9.90. The highest BCUT2D eigenvalue weighted by molar-refractivity contribution is 5.76. The summed E-state index contributed by atoms with van der Waals surface area (Å²) in [6.45, 7) is 4.74. The number of hydrogen-bond acceptors (Lipinski definition) is 7. The van der Waals surface area contributed by atoms with Gasteiger partial charge >= 0.3 is 5.97 Å². The van der Waals surface area contributed by atoms with Crippen LogP contribution in [0.3, 0.4) is 0 Å². The second kappa shape index (κ2) is 10.7. The number of oxazole rings is 1. The average molecular weight is 544 g/mol. The zero-order chi connectivity index (χ0) is 27.8. The molecule has 4 aromatic rings. The molecule has 2 aliphatic rings. The first kappa shape index (κ1) is 25.9. The van der Waals surface area contributed by atoms with E-state index in [4.69, 9.17) is 23.4 Å². The summed E-state index contributed by atoms with van der Waals surface area (Å²) in [6.07, 6.45) is 4.33. The van der Waals surface area contributed by atoms with Gasteiger partial charge < -0.3 is 23.4 Å². The van der Waals surface area contributed by atoms with Gasteiger partial charge in [-0.15, -0.1) is 0 Å². The van der Waals surface area contributed by atoms with Crippen LogP contribution in [-0.4, -0.2) is 24.7 Å². The molecule has 0 radical (unpaired) electrons. The third-order valence-electron chi connectivity index (χ3n) is 7.69. The van der Waals surface area contributed by atoms with Gasteiger partial charge in [0.1, 0.15) is 35.4 Å². The molecule has 7 nitrogen and oxygen atoms in total. The summed E-state index contributed by atoms with van der Waals surface area (Å²) < 4.78 is 43.4. The Morgan fingerprint density at radius 3 is 2.67 bits per heavy atom. The van der Waals surface area contributed by atoms with Crippen molar-refractivity contribution in [1.82, 2.24) is 4.98 Å². The lowest BCUT2D eigenvalue weighted by Crippen LogP contribution is -2.09. The van der Waals surface area contributed by atoms with Gasteiger partial charge in [-0.2, -0.15) is 0 Å². The van der Waals surface area contributed by atoms with Crippen molar-refractivity contribution in [2.75, 3.05) is 13.7 Å². The van der Waals surface area contributed by atoms with Gasteiger partial charge in [0, 0.05) is 23.1 Å². The summed E-state index contributed by atoms with van der Waals surface area (Å²) in [6, 6.07) is 13.0. The largest absolute Gasteiger partial charge is 0.492 e. The maximum atomic E-state index is 15.3. The minimum atomic E-state index is -0.413. The Labute approximate surface area is 231 Å². The number of benzene rings is 3. The molecule has 2 atom stereocenters. The Morgan fingerprint density at radius 1 is 1.10 bits per heavy atom. The highest BCUT2D eigenvalue weighted by atomic mass is 19.1. The number of methoxy groups -OCH3 is 1. The van der Waals surface area contributed by atoms with Gasteiger partial charge in [-0.25, -0.2) is 9.37 Å². The summed E-state index contributed by atoms with van der Waals surface area (Å²) in [5, 5.41) is 0. The maximum Gasteiger partial charge on any atom is 0.306 e. The topological polar surface area (TPSA) is 80.0 Å². The highest BCUT2D eigenvalue weighted by Crippen LogP contribution is 2.45. The van der Waals surface area contributed by atoms with Gasteiger partial charge in [-0.1, -0.05) is 12.1 Å². The van der Waals surface area contributed by atoms with Gasteiger partial charge in [0.2, 0.25) is 5.89 Å². The van der Waals surface area contributed by atoms with Crippen LogP contribution in [0, 0.1) is 19.7 Å². The predicted octanol–water partition coefficient (Wildman–Crippen LogP) is 6.78. The lowest BCUT2D eigenvalue weighted by Gasteiger charge is -2.19. The van der Waals surface area contributed by atoms with Gasteiger partial charge in [0.15, 0.2) is 6.61 Å². The Bertz CT molecular complexity index is 1540. The Hall–Kier alpha value is -4.33. The monoisotopic (exact) mass is 543 g/mol. The number of esters is 1. The molecule has 2 unspecified atom stereocenters. The van der Waals surface area contributed by atoms with Crippen molar-refractivity contribution in [3.8, 4) is 28.4 Å². The van der Waals surface area contributed by atoms with E-state index in [0.29, 0.717) is 42.4 Å². The molecule has 1 aliphatic carbocycles. The van der Waals surface area contributed by atoms with Crippen LogP contribution >= 0.6 is 0 Å². The molecular weight excluding hydrogens is 513 g/mol. The van der Waals surface area contributed by atoms with Crippen molar-refractivity contribution in [2.24, 2.45) is 0 Å². The molecule has 0 saturated carbocycles. The summed E-state index contributed by atoms with van der Waals surface area (Å²) in [7, 11) is 1.38. The molecule has 1 aromatic heterocycles. The third kappa shape index (κ3) is 4.90. The Kier molecular flexibility index (Phi) is 6.92. The van der Waals surface area contributed by atoms with Gasteiger partial charge in [0.05, 0.1) is 26.3 Å². The number of ether oxygens (including phenoxy) is 4. The molecule has 6 rings (SSSR count). The summed E-state index contributed by atoms with van der Waals surface area (Å²) in [5.41, 5.74) is 6.70. The molecule has 2 heterocycles. The zero-order valence-electron chi connectivity index (χ0n) is 22.7. The fourth-order valence-corrected chi connectivity index (χ4v) is 5.87. The summed E-state index contributed by atoms with van der Waals surface area (Å²) in [4.78, 5) is 15.8. The zero-order valence-corrected chi connectivity index (χ0v) is 22.7. The first-order valence-corrected chi connectivity index (χ1v) is 13.4. The Morgan fingerprint density at radius 2 is 1.93 bits per heavy atom. The van der Waals surface area contributed by atoms with E-state index in [1.54, 1.807) is 6.20 Å². The number of hydrogen-bond donors (Lipinski definition) is 0. The lowest BCUT2D eigenvalue weighted by molar-refractivity contribution is -0.141. The average Bonchev–Trinajstić information content (AvgIpc) is 3.69. The van der Waals surface area contributed by atoms with E-state index in [-0.39, 0.29) is 30.7 Å². The van der Waals surface area contributed by atoms with Crippen LogP contribution in [-0.2, 0) is 22.6 Å². The molecule has 3 aromatic carbocycles. The quantitative estimate of drug-likeness (QED) is 0.227. The van der Waals surface area contributed by atoms with Gasteiger partial charge in [-0.3, -0.25) is 4.79 Å². The highest BCUT2D eigenvalue weighted by Gasteiger charge is 2.32. The van der Waals surface area contributed by atoms with Crippen molar-refractivity contribution in [2.45, 2.75) is 51.7 Å². The van der Waals surface area contributed by atoms with E-state index in [0.717, 1.165) is 39.1 Å². The number of fused-ring (bicyclic) bond motifs is 2. The fraction of sp³-hybridized carbons (Fsp3) is 0.312. The van der Waals surface area contributed by atoms with Crippen molar-refractivity contribution in [3.05, 3.63) is 94.4 Å². The standard InChI is InChI=1S/C32H30FNO6/c1-18-12-22(38-17-29-34-10-11-37-29)13-19(2)31(18)24-6-8-26(33)32-25(24)7-9-27(32)40-21-4-5-23-20(14-30(35)36-3)16-39-28(23)15-21/h4-6,8,10-13,15,20,27H,7,9,14,16-17H2,1-3H3. The number of carbonyl (C=O) groups is 1. The van der Waals surface area contributed by atoms with Crippen LogP contribution in [0.2, 0.25) is 0 Å². The first-order valence-electron chi connectivity index (χ1n) is 13.4. The molecule has 0 N–H and O–H groups in total. The number of aromatic nitrogens is 1. The number of carbonyl (C=O) groups excluding carboxylic acids is 1. The maximum absolute atomic E-state index is 15.3. The van der Waals surface area contributed by atoms with Crippen LogP contribution in [0.1, 0.15) is 58.6 Å². The van der Waals surface area contributed by atoms with Crippen molar-refractivity contribution in [3.63, 3.8) is 0 Å². The second-order valence-electron chi connectivity index (χ2n) is 10.3. The molecule has 40 heavy (non-hydrogen) atoms. The van der Waals surface area contributed by atoms with Crippen molar-refractivity contribution < 1.29 is 32.5 Å². The minimum absolute atomic E-state index is 0.0474. The van der Waals surface area contributed by atoms with Gasteiger partial charge in [0.25, 0.3) is 0 Å². The second-order valence-corrected chi connectivity index (χ2v) is 10.3. The summed E-state index contributed by atoms with van der Waals surface area (Å²) in [5.74, 6) is 1.96. The molecule has 0 spiro atoms.